The molecule has 114 valence electrons. The number of benzene rings is 1. The van der Waals surface area contributed by atoms with Gasteiger partial charge in [0, 0.05) is 24.5 Å². The van der Waals surface area contributed by atoms with E-state index in [-0.39, 0.29) is 24.5 Å². The van der Waals surface area contributed by atoms with Crippen molar-refractivity contribution in [3.05, 3.63) is 28.4 Å². The molecule has 9 nitrogen and oxygen atoms in total. The van der Waals surface area contributed by atoms with Gasteiger partial charge < -0.3 is 5.32 Å². The summed E-state index contributed by atoms with van der Waals surface area (Å²) < 4.78 is 24.9. The van der Waals surface area contributed by atoms with Crippen LogP contribution in [0, 0.1) is 10.1 Å². The lowest BCUT2D eigenvalue weighted by Crippen LogP contribution is -2.30. The molecule has 0 spiro atoms. The number of fused-ring (bicyclic) bond motifs is 1. The number of anilines is 1. The van der Waals surface area contributed by atoms with Crippen LogP contribution >= 0.6 is 0 Å². The Labute approximate surface area is 120 Å². The summed E-state index contributed by atoms with van der Waals surface area (Å²) in [7, 11) is -3.27. The summed E-state index contributed by atoms with van der Waals surface area (Å²) in [5.41, 5.74) is 0.895. The maximum absolute atomic E-state index is 11.3. The zero-order chi connectivity index (χ0) is 15.5. The maximum Gasteiger partial charge on any atom is 0.293 e. The minimum atomic E-state index is -3.27. The third-order valence-corrected chi connectivity index (χ3v) is 4.30. The van der Waals surface area contributed by atoms with Crippen LogP contribution in [-0.2, 0) is 10.0 Å². The molecule has 2 aromatic rings. The highest BCUT2D eigenvalue weighted by Crippen LogP contribution is 2.28. The van der Waals surface area contributed by atoms with Crippen molar-refractivity contribution in [1.29, 1.82) is 0 Å². The summed E-state index contributed by atoms with van der Waals surface area (Å²) in [5, 5.41) is 21.1. The van der Waals surface area contributed by atoms with Crippen LogP contribution in [0.5, 0.6) is 0 Å². The molecule has 3 N–H and O–H groups in total. The van der Waals surface area contributed by atoms with Crippen molar-refractivity contribution in [2.75, 3.05) is 24.2 Å². The first-order valence-corrected chi connectivity index (χ1v) is 7.91. The van der Waals surface area contributed by atoms with Crippen molar-refractivity contribution in [3.8, 4) is 0 Å². The van der Waals surface area contributed by atoms with Crippen molar-refractivity contribution in [2.45, 2.75) is 6.92 Å². The number of hydrogen-bond donors (Lipinski definition) is 3. The summed E-state index contributed by atoms with van der Waals surface area (Å²) in [6.45, 7) is 1.92. The topological polar surface area (TPSA) is 130 Å². The first kappa shape index (κ1) is 15.2. The molecule has 0 amide bonds. The van der Waals surface area contributed by atoms with Crippen LogP contribution in [0.25, 0.3) is 10.9 Å². The second-order valence-electron chi connectivity index (χ2n) is 4.31. The van der Waals surface area contributed by atoms with Gasteiger partial charge in [-0.3, -0.25) is 15.2 Å². The third kappa shape index (κ3) is 3.67. The first-order valence-electron chi connectivity index (χ1n) is 6.25. The minimum Gasteiger partial charge on any atom is -0.378 e. The molecule has 0 saturated heterocycles. The second-order valence-corrected chi connectivity index (χ2v) is 6.40. The number of nitrogens with zero attached hydrogens (tertiary/aromatic N) is 2. The first-order chi connectivity index (χ1) is 9.93. The van der Waals surface area contributed by atoms with Gasteiger partial charge in [-0.15, -0.1) is 0 Å². The molecule has 10 heteroatoms. The minimum absolute atomic E-state index is 0.00669. The van der Waals surface area contributed by atoms with E-state index in [1.165, 1.54) is 19.2 Å². The Bertz CT molecular complexity index is 755. The summed E-state index contributed by atoms with van der Waals surface area (Å²) in [6.07, 6.45) is 1.50. The van der Waals surface area contributed by atoms with Gasteiger partial charge in [0.15, 0.2) is 0 Å². The monoisotopic (exact) mass is 313 g/mol. The van der Waals surface area contributed by atoms with Crippen LogP contribution in [0.3, 0.4) is 0 Å². The number of aromatic amines is 1. The molecule has 0 aliphatic heterocycles. The Kier molecular flexibility index (Phi) is 4.38. The highest BCUT2D eigenvalue weighted by atomic mass is 32.2. The molecule has 21 heavy (non-hydrogen) atoms. The summed E-state index contributed by atoms with van der Waals surface area (Å²) in [4.78, 5) is 10.6. The van der Waals surface area contributed by atoms with Crippen LogP contribution in [0.2, 0.25) is 0 Å². The molecule has 0 aliphatic carbocycles. The average molecular weight is 313 g/mol. The molecule has 0 atom stereocenters. The smallest absolute Gasteiger partial charge is 0.293 e. The number of nitrogens with one attached hydrogen (secondary N) is 3. The van der Waals surface area contributed by atoms with Crippen LogP contribution in [0.15, 0.2) is 18.3 Å². The standard InChI is InChI=1S/C11H15N5O4S/c1-2-21(19,20)14-4-3-12-10-6-9-8(7-13-15-9)5-11(10)16(17)18/h5-7,12,14H,2-4H2,1H3,(H,13,15). The van der Waals surface area contributed by atoms with E-state index in [2.05, 4.69) is 20.2 Å². The van der Waals surface area contributed by atoms with Gasteiger partial charge in [0.25, 0.3) is 5.69 Å². The summed E-state index contributed by atoms with van der Waals surface area (Å²) in [5.74, 6) is -0.00669. The zero-order valence-electron chi connectivity index (χ0n) is 11.3. The molecule has 0 radical (unpaired) electrons. The van der Waals surface area contributed by atoms with E-state index in [1.54, 1.807) is 6.07 Å². The van der Waals surface area contributed by atoms with Crippen LogP contribution in [-0.4, -0.2) is 42.4 Å². The Morgan fingerprint density at radius 1 is 1.38 bits per heavy atom. The van der Waals surface area contributed by atoms with Gasteiger partial charge in [0.05, 0.1) is 22.4 Å². The second kappa shape index (κ2) is 6.06. The molecule has 0 saturated carbocycles. The Morgan fingerprint density at radius 3 is 2.81 bits per heavy atom. The van der Waals surface area contributed by atoms with E-state index >= 15 is 0 Å². The average Bonchev–Trinajstić information content (AvgIpc) is 2.89. The Morgan fingerprint density at radius 2 is 2.14 bits per heavy atom. The fourth-order valence-corrected chi connectivity index (χ4v) is 2.40. The Hall–Kier alpha value is -2.20. The van der Waals surface area contributed by atoms with Gasteiger partial charge in [-0.25, -0.2) is 13.1 Å². The summed E-state index contributed by atoms with van der Waals surface area (Å²) >= 11 is 0. The van der Waals surface area contributed by atoms with Gasteiger partial charge >= 0.3 is 0 Å². The highest BCUT2D eigenvalue weighted by molar-refractivity contribution is 7.89. The van der Waals surface area contributed by atoms with Crippen molar-refractivity contribution in [3.63, 3.8) is 0 Å². The van der Waals surface area contributed by atoms with Gasteiger partial charge in [-0.05, 0) is 13.0 Å². The lowest BCUT2D eigenvalue weighted by atomic mass is 10.2. The molecule has 0 aliphatic rings. The number of sulfonamides is 1. The fraction of sp³-hybridized carbons (Fsp3) is 0.364. The number of nitro groups is 1. The van der Waals surface area contributed by atoms with Crippen molar-refractivity contribution < 1.29 is 13.3 Å². The van der Waals surface area contributed by atoms with Crippen LogP contribution in [0.1, 0.15) is 6.92 Å². The van der Waals surface area contributed by atoms with E-state index in [4.69, 9.17) is 0 Å². The fourth-order valence-electron chi connectivity index (χ4n) is 1.78. The van der Waals surface area contributed by atoms with Gasteiger partial charge in [0.2, 0.25) is 10.0 Å². The summed E-state index contributed by atoms with van der Waals surface area (Å²) in [6, 6.07) is 2.99. The van der Waals surface area contributed by atoms with Crippen molar-refractivity contribution >= 4 is 32.3 Å². The zero-order valence-corrected chi connectivity index (χ0v) is 12.1. The van der Waals surface area contributed by atoms with Gasteiger partial charge in [-0.2, -0.15) is 5.10 Å². The molecule has 1 aromatic carbocycles. The molecular weight excluding hydrogens is 298 g/mol. The quantitative estimate of drug-likeness (QED) is 0.394. The predicted octanol–water partition coefficient (Wildman–Crippen LogP) is 0.822. The normalized spacial score (nSPS) is 11.7. The van der Waals surface area contributed by atoms with Crippen LogP contribution < -0.4 is 10.0 Å². The predicted molar refractivity (Wildman–Crippen MR) is 78.7 cm³/mol. The number of hydrogen-bond acceptors (Lipinski definition) is 6. The van der Waals surface area contributed by atoms with Crippen molar-refractivity contribution in [2.24, 2.45) is 0 Å². The lowest BCUT2D eigenvalue weighted by molar-refractivity contribution is -0.383. The Balaban J connectivity index is 2.10. The molecule has 2 rings (SSSR count). The van der Waals surface area contributed by atoms with E-state index in [0.717, 1.165) is 0 Å². The van der Waals surface area contributed by atoms with E-state index in [9.17, 15) is 18.5 Å². The van der Waals surface area contributed by atoms with E-state index in [1.807, 2.05) is 0 Å². The molecule has 0 bridgehead atoms. The largest absolute Gasteiger partial charge is 0.378 e. The van der Waals surface area contributed by atoms with E-state index < -0.39 is 14.9 Å². The molecular formula is C11H15N5O4S. The molecule has 1 heterocycles. The lowest BCUT2D eigenvalue weighted by Gasteiger charge is -2.08. The highest BCUT2D eigenvalue weighted by Gasteiger charge is 2.15. The van der Waals surface area contributed by atoms with Gasteiger partial charge in [-0.1, -0.05) is 0 Å². The SMILES string of the molecule is CCS(=O)(=O)NCCNc1cc2[nH]ncc2cc1[N+](=O)[O-]. The van der Waals surface area contributed by atoms with Gasteiger partial charge in [0.1, 0.15) is 5.69 Å². The molecule has 0 unspecified atom stereocenters. The number of aromatic nitrogens is 2. The number of H-pyrrole nitrogens is 1. The maximum atomic E-state index is 11.3. The van der Waals surface area contributed by atoms with Crippen molar-refractivity contribution in [1.82, 2.24) is 14.9 Å². The number of nitro benzene ring substituents is 1. The number of rotatable bonds is 7. The van der Waals surface area contributed by atoms with Crippen LogP contribution in [0.4, 0.5) is 11.4 Å². The third-order valence-electron chi connectivity index (χ3n) is 2.90. The molecule has 0 fully saturated rings. The molecule has 1 aromatic heterocycles. The van der Waals surface area contributed by atoms with E-state index in [0.29, 0.717) is 16.6 Å².